The van der Waals surface area contributed by atoms with E-state index in [4.69, 9.17) is 4.74 Å². The second kappa shape index (κ2) is 9.91. The van der Waals surface area contributed by atoms with Crippen LogP contribution in [0.3, 0.4) is 0 Å². The zero-order valence-corrected chi connectivity index (χ0v) is 19.8. The molecule has 7 heteroatoms. The second-order valence-corrected chi connectivity index (χ2v) is 9.99. The number of carbonyl (C=O) groups is 1. The molecule has 0 saturated heterocycles. The van der Waals surface area contributed by atoms with Gasteiger partial charge in [-0.05, 0) is 55.7 Å². The largest absolute Gasteiger partial charge is 0.463 e. The summed E-state index contributed by atoms with van der Waals surface area (Å²) in [5, 5.41) is 0. The molecule has 1 aliphatic rings. The third-order valence-electron chi connectivity index (χ3n) is 5.89. The number of rotatable bonds is 6. The number of nitrogens with zero attached hydrogens (tertiary/aromatic N) is 1. The van der Waals surface area contributed by atoms with Gasteiger partial charge in [-0.15, -0.1) is 0 Å². The molecule has 0 amide bonds. The van der Waals surface area contributed by atoms with Crippen LogP contribution in [0.1, 0.15) is 42.1 Å². The Kier molecular flexibility index (Phi) is 6.95. The minimum atomic E-state index is -4.07. The predicted molar refractivity (Wildman–Crippen MR) is 128 cm³/mol. The summed E-state index contributed by atoms with van der Waals surface area (Å²) in [6, 6.07) is 19.9. The molecular formula is C27H26FNO4S. The fourth-order valence-corrected chi connectivity index (χ4v) is 6.03. The van der Waals surface area contributed by atoms with Crippen molar-refractivity contribution in [1.29, 1.82) is 0 Å². The molecule has 0 aromatic heterocycles. The minimum Gasteiger partial charge on any atom is -0.463 e. The molecule has 0 saturated carbocycles. The van der Waals surface area contributed by atoms with E-state index in [9.17, 15) is 17.6 Å². The molecule has 0 aliphatic carbocycles. The first kappa shape index (κ1) is 23.9. The molecule has 0 unspecified atom stereocenters. The van der Waals surface area contributed by atoms with Crippen molar-refractivity contribution in [2.45, 2.75) is 37.2 Å². The van der Waals surface area contributed by atoms with Crippen LogP contribution in [-0.4, -0.2) is 25.3 Å². The van der Waals surface area contributed by atoms with Gasteiger partial charge in [0.15, 0.2) is 0 Å². The molecule has 0 spiro atoms. The van der Waals surface area contributed by atoms with Crippen LogP contribution in [0.15, 0.2) is 95.4 Å². The average Bonchev–Trinajstić information content (AvgIpc) is 2.84. The summed E-state index contributed by atoms with van der Waals surface area (Å²) in [5.41, 5.74) is 2.47. The van der Waals surface area contributed by atoms with Crippen LogP contribution in [0.25, 0.3) is 0 Å². The van der Waals surface area contributed by atoms with Crippen LogP contribution in [0.5, 0.6) is 0 Å². The van der Waals surface area contributed by atoms with Crippen molar-refractivity contribution < 1.29 is 22.3 Å². The van der Waals surface area contributed by atoms with E-state index in [0.29, 0.717) is 11.1 Å². The van der Waals surface area contributed by atoms with Crippen molar-refractivity contribution in [3.8, 4) is 0 Å². The first-order chi connectivity index (χ1) is 16.3. The summed E-state index contributed by atoms with van der Waals surface area (Å²) in [6.45, 7) is 3.76. The van der Waals surface area contributed by atoms with Crippen molar-refractivity contribution in [1.82, 2.24) is 4.31 Å². The highest BCUT2D eigenvalue weighted by atomic mass is 32.2. The Morgan fingerprint density at radius 1 is 0.971 bits per heavy atom. The summed E-state index contributed by atoms with van der Waals surface area (Å²) in [4.78, 5) is 13.1. The number of hydrogen-bond acceptors (Lipinski definition) is 4. The topological polar surface area (TPSA) is 63.7 Å². The van der Waals surface area contributed by atoms with Crippen molar-refractivity contribution >= 4 is 16.0 Å². The van der Waals surface area contributed by atoms with Gasteiger partial charge in [0.1, 0.15) is 5.82 Å². The van der Waals surface area contributed by atoms with E-state index in [1.807, 2.05) is 13.0 Å². The molecule has 4 rings (SSSR count). The summed E-state index contributed by atoms with van der Waals surface area (Å²) in [6.07, 6.45) is 1.99. The van der Waals surface area contributed by atoms with Gasteiger partial charge < -0.3 is 4.74 Å². The first-order valence-electron chi connectivity index (χ1n) is 11.1. The van der Waals surface area contributed by atoms with Crippen LogP contribution in [0, 0.1) is 12.7 Å². The van der Waals surface area contributed by atoms with E-state index in [-0.39, 0.29) is 23.5 Å². The molecule has 0 fully saturated rings. The van der Waals surface area contributed by atoms with Gasteiger partial charge in [-0.3, -0.25) is 0 Å². The fourth-order valence-electron chi connectivity index (χ4n) is 4.25. The maximum absolute atomic E-state index is 14.1. The van der Waals surface area contributed by atoms with Gasteiger partial charge in [-0.2, -0.15) is 4.31 Å². The Labute approximate surface area is 199 Å². The lowest BCUT2D eigenvalue weighted by atomic mass is 9.89. The number of ether oxygens (including phenoxy) is 1. The Balaban J connectivity index is 1.95. The number of aryl methyl sites for hydroxylation is 1. The molecular weight excluding hydrogens is 453 g/mol. The standard InChI is InChI=1S/C27H26FNO4S/c1-3-33-27(30)24-17-18-25(20-11-13-22(28)14-12-20)29(26(24)21-7-5-4-6-8-21)34(31,32)23-15-9-19(2)10-16-23/h4-17,25-26H,3,18H2,1-2H3/t25-,26-/m0/s1. The number of esters is 1. The minimum absolute atomic E-state index is 0.122. The van der Waals surface area contributed by atoms with Gasteiger partial charge in [-0.1, -0.05) is 66.2 Å². The number of hydrogen-bond donors (Lipinski definition) is 0. The average molecular weight is 480 g/mol. The van der Waals surface area contributed by atoms with E-state index in [0.717, 1.165) is 5.56 Å². The smallest absolute Gasteiger partial charge is 0.335 e. The summed E-state index contributed by atoms with van der Waals surface area (Å²) < 4.78 is 48.6. The Morgan fingerprint density at radius 2 is 1.62 bits per heavy atom. The molecule has 1 aliphatic heterocycles. The van der Waals surface area contributed by atoms with E-state index in [1.165, 1.54) is 16.4 Å². The van der Waals surface area contributed by atoms with Crippen molar-refractivity contribution in [3.05, 3.63) is 113 Å². The third-order valence-corrected chi connectivity index (χ3v) is 7.78. The summed E-state index contributed by atoms with van der Waals surface area (Å²) in [5.74, 6) is -0.965. The molecule has 0 N–H and O–H groups in total. The van der Waals surface area contributed by atoms with Crippen molar-refractivity contribution in [2.75, 3.05) is 6.61 Å². The lowest BCUT2D eigenvalue weighted by Crippen LogP contribution is -2.42. The second-order valence-electron chi connectivity index (χ2n) is 8.14. The maximum atomic E-state index is 14.1. The normalized spacial score (nSPS) is 18.9. The zero-order valence-electron chi connectivity index (χ0n) is 19.0. The fraction of sp³-hybridized carbons (Fsp3) is 0.222. The van der Waals surface area contributed by atoms with Crippen molar-refractivity contribution in [2.24, 2.45) is 0 Å². The van der Waals surface area contributed by atoms with Crippen LogP contribution >= 0.6 is 0 Å². The zero-order chi connectivity index (χ0) is 24.3. The van der Waals surface area contributed by atoms with E-state index >= 15 is 0 Å². The van der Waals surface area contributed by atoms with Crippen LogP contribution in [0.2, 0.25) is 0 Å². The van der Waals surface area contributed by atoms with Gasteiger partial charge in [-0.25, -0.2) is 17.6 Å². The monoisotopic (exact) mass is 479 g/mol. The molecule has 1 heterocycles. The Hall–Kier alpha value is -3.29. The lowest BCUT2D eigenvalue weighted by Gasteiger charge is -2.41. The molecule has 34 heavy (non-hydrogen) atoms. The lowest BCUT2D eigenvalue weighted by molar-refractivity contribution is -0.139. The van der Waals surface area contributed by atoms with Gasteiger partial charge in [0.25, 0.3) is 0 Å². The van der Waals surface area contributed by atoms with Crippen molar-refractivity contribution in [3.63, 3.8) is 0 Å². The van der Waals surface area contributed by atoms with Crippen LogP contribution in [0.4, 0.5) is 4.39 Å². The molecule has 2 atom stereocenters. The Bertz CT molecular complexity index is 1290. The summed E-state index contributed by atoms with van der Waals surface area (Å²) >= 11 is 0. The van der Waals surface area contributed by atoms with E-state index in [1.54, 1.807) is 73.7 Å². The highest BCUT2D eigenvalue weighted by molar-refractivity contribution is 7.89. The van der Waals surface area contributed by atoms with Gasteiger partial charge in [0, 0.05) is 0 Å². The molecule has 176 valence electrons. The number of sulfonamides is 1. The molecule has 0 radical (unpaired) electrons. The SMILES string of the molecule is CCOC(=O)C1=CC[C@@H](c2ccc(F)cc2)N(S(=O)(=O)c2ccc(C)cc2)[C@H]1c1ccccc1. The number of halogens is 1. The number of benzene rings is 3. The highest BCUT2D eigenvalue weighted by Crippen LogP contribution is 2.45. The Morgan fingerprint density at radius 3 is 2.24 bits per heavy atom. The maximum Gasteiger partial charge on any atom is 0.335 e. The number of carbonyl (C=O) groups excluding carboxylic acids is 1. The highest BCUT2D eigenvalue weighted by Gasteiger charge is 2.44. The molecule has 0 bridgehead atoms. The van der Waals surface area contributed by atoms with Crippen LogP contribution < -0.4 is 0 Å². The quantitative estimate of drug-likeness (QED) is 0.438. The van der Waals surface area contributed by atoms with E-state index < -0.39 is 33.9 Å². The molecule has 5 nitrogen and oxygen atoms in total. The predicted octanol–water partition coefficient (Wildman–Crippen LogP) is 5.50. The third kappa shape index (κ3) is 4.67. The van der Waals surface area contributed by atoms with Gasteiger partial charge in [0.2, 0.25) is 10.0 Å². The van der Waals surface area contributed by atoms with E-state index in [2.05, 4.69) is 0 Å². The van der Waals surface area contributed by atoms with Crippen LogP contribution in [-0.2, 0) is 19.6 Å². The van der Waals surface area contributed by atoms with Gasteiger partial charge >= 0.3 is 5.97 Å². The van der Waals surface area contributed by atoms with Gasteiger partial charge in [0.05, 0.1) is 29.2 Å². The molecule has 3 aromatic rings. The summed E-state index contributed by atoms with van der Waals surface area (Å²) in [7, 11) is -4.07. The molecule has 3 aromatic carbocycles. The first-order valence-corrected chi connectivity index (χ1v) is 12.5.